The highest BCUT2D eigenvalue weighted by Crippen LogP contribution is 2.24. The van der Waals surface area contributed by atoms with E-state index in [0.717, 1.165) is 36.5 Å². The molecule has 0 bridgehead atoms. The molecule has 2 aliphatic rings. The smallest absolute Gasteiger partial charge is 0.264 e. The number of hydrogen-bond acceptors (Lipinski definition) is 5. The maximum Gasteiger partial charge on any atom is 0.264 e. The van der Waals surface area contributed by atoms with Crippen molar-refractivity contribution in [2.75, 3.05) is 20.3 Å². The van der Waals surface area contributed by atoms with Gasteiger partial charge < -0.3 is 19.6 Å². The van der Waals surface area contributed by atoms with Gasteiger partial charge in [0.05, 0.1) is 18.9 Å². The summed E-state index contributed by atoms with van der Waals surface area (Å²) < 4.78 is 10.8. The van der Waals surface area contributed by atoms with E-state index in [1.807, 2.05) is 24.3 Å². The van der Waals surface area contributed by atoms with Crippen LogP contribution in [0.5, 0.6) is 5.75 Å². The number of carbonyl (C=O) groups is 1. The van der Waals surface area contributed by atoms with Crippen molar-refractivity contribution in [1.82, 2.24) is 5.32 Å². The van der Waals surface area contributed by atoms with Crippen LogP contribution >= 0.6 is 0 Å². The molecule has 6 nitrogen and oxygen atoms in total. The Kier molecular flexibility index (Phi) is 4.58. The summed E-state index contributed by atoms with van der Waals surface area (Å²) in [5.74, 6) is 0.578. The van der Waals surface area contributed by atoms with Crippen molar-refractivity contribution in [3.63, 3.8) is 0 Å². The van der Waals surface area contributed by atoms with E-state index in [9.17, 15) is 4.79 Å². The van der Waals surface area contributed by atoms with E-state index in [1.165, 1.54) is 0 Å². The molecule has 118 valence electrons. The molecule has 1 N–H and O–H groups in total. The minimum Gasteiger partial charge on any atom is -0.496 e. The first-order valence-electron chi connectivity index (χ1n) is 7.53. The van der Waals surface area contributed by atoms with Crippen LogP contribution in [0.25, 0.3) is 0 Å². The molecule has 2 heterocycles. The Morgan fingerprint density at radius 1 is 1.45 bits per heavy atom. The summed E-state index contributed by atoms with van der Waals surface area (Å²) in [6.45, 7) is 1.31. The molecule has 0 spiro atoms. The molecule has 0 aromatic heterocycles. The molecule has 0 aliphatic carbocycles. The van der Waals surface area contributed by atoms with Gasteiger partial charge >= 0.3 is 0 Å². The molecule has 1 aromatic carbocycles. The molecule has 2 atom stereocenters. The molecule has 2 aliphatic heterocycles. The molecule has 0 radical (unpaired) electrons. The first-order valence-corrected chi connectivity index (χ1v) is 7.53. The lowest BCUT2D eigenvalue weighted by Gasteiger charge is -2.13. The predicted octanol–water partition coefficient (Wildman–Crippen LogP) is 1.48. The first-order chi connectivity index (χ1) is 10.8. The number of nitrogens with one attached hydrogen (secondary N) is 1. The molecular formula is C16H20N2O4. The summed E-state index contributed by atoms with van der Waals surface area (Å²) in [6, 6.07) is 7.58. The number of hydrogen-bond donors (Lipinski definition) is 1. The Labute approximate surface area is 129 Å². The van der Waals surface area contributed by atoms with Crippen LogP contribution in [0, 0.1) is 0 Å². The second-order valence-electron chi connectivity index (χ2n) is 5.42. The molecule has 22 heavy (non-hydrogen) atoms. The molecule has 0 saturated carbocycles. The highest BCUT2D eigenvalue weighted by Gasteiger charge is 2.30. The second-order valence-corrected chi connectivity index (χ2v) is 5.42. The standard InChI is InChI=1S/C16H20N2O4/c1-20-14-7-3-2-6-12(14)13-9-15(22-18-13)16(19)17-10-11-5-4-8-21-11/h2-3,6-7,11,15H,4-5,8-10H2,1H3,(H,17,19). The highest BCUT2D eigenvalue weighted by atomic mass is 16.6. The van der Waals surface area contributed by atoms with E-state index < -0.39 is 6.10 Å². The molecule has 1 amide bonds. The molecule has 1 aromatic rings. The molecule has 6 heteroatoms. The van der Waals surface area contributed by atoms with E-state index >= 15 is 0 Å². The monoisotopic (exact) mass is 304 g/mol. The number of nitrogens with zero attached hydrogens (tertiary/aromatic N) is 1. The van der Waals surface area contributed by atoms with Gasteiger partial charge in [-0.1, -0.05) is 17.3 Å². The zero-order valence-corrected chi connectivity index (χ0v) is 12.6. The van der Waals surface area contributed by atoms with E-state index in [4.69, 9.17) is 14.3 Å². The number of ether oxygens (including phenoxy) is 2. The van der Waals surface area contributed by atoms with E-state index in [0.29, 0.717) is 13.0 Å². The number of para-hydroxylation sites is 1. The van der Waals surface area contributed by atoms with Crippen molar-refractivity contribution < 1.29 is 19.1 Å². The van der Waals surface area contributed by atoms with E-state index in [2.05, 4.69) is 10.5 Å². The number of oxime groups is 1. The summed E-state index contributed by atoms with van der Waals surface area (Å²) in [5, 5.41) is 6.92. The Balaban J connectivity index is 1.55. The lowest BCUT2D eigenvalue weighted by atomic mass is 10.0. The van der Waals surface area contributed by atoms with Gasteiger partial charge in [0.1, 0.15) is 5.75 Å². The van der Waals surface area contributed by atoms with Gasteiger partial charge in [0, 0.05) is 25.1 Å². The summed E-state index contributed by atoms with van der Waals surface area (Å²) in [5.41, 5.74) is 1.59. The number of carbonyl (C=O) groups excluding carboxylic acids is 1. The van der Waals surface area contributed by atoms with Crippen molar-refractivity contribution in [3.05, 3.63) is 29.8 Å². The summed E-state index contributed by atoms with van der Waals surface area (Å²) in [4.78, 5) is 17.4. The van der Waals surface area contributed by atoms with Crippen molar-refractivity contribution in [1.29, 1.82) is 0 Å². The van der Waals surface area contributed by atoms with Crippen LogP contribution in [0.15, 0.2) is 29.4 Å². The van der Waals surface area contributed by atoms with Crippen molar-refractivity contribution in [2.45, 2.75) is 31.5 Å². The van der Waals surface area contributed by atoms with Crippen LogP contribution in [-0.4, -0.2) is 44.1 Å². The zero-order valence-electron chi connectivity index (χ0n) is 12.6. The van der Waals surface area contributed by atoms with Crippen molar-refractivity contribution in [2.24, 2.45) is 5.16 Å². The summed E-state index contributed by atoms with van der Waals surface area (Å²) >= 11 is 0. The maximum atomic E-state index is 12.1. The Morgan fingerprint density at radius 3 is 3.09 bits per heavy atom. The number of methoxy groups -OCH3 is 1. The van der Waals surface area contributed by atoms with Gasteiger partial charge in [0.2, 0.25) is 6.10 Å². The van der Waals surface area contributed by atoms with Gasteiger partial charge in [0.15, 0.2) is 0 Å². The number of rotatable bonds is 5. The highest BCUT2D eigenvalue weighted by molar-refractivity contribution is 6.05. The average molecular weight is 304 g/mol. The predicted molar refractivity (Wildman–Crippen MR) is 81.0 cm³/mol. The normalized spacial score (nSPS) is 23.8. The minimum absolute atomic E-state index is 0.125. The van der Waals surface area contributed by atoms with Crippen LogP contribution in [0.1, 0.15) is 24.8 Å². The quantitative estimate of drug-likeness (QED) is 0.894. The van der Waals surface area contributed by atoms with Crippen LogP contribution in [0.4, 0.5) is 0 Å². The third-order valence-corrected chi connectivity index (χ3v) is 3.91. The van der Waals surface area contributed by atoms with Crippen LogP contribution in [-0.2, 0) is 14.4 Å². The Morgan fingerprint density at radius 2 is 2.32 bits per heavy atom. The first kappa shape index (κ1) is 14.8. The van der Waals surface area contributed by atoms with E-state index in [-0.39, 0.29) is 12.0 Å². The maximum absolute atomic E-state index is 12.1. The minimum atomic E-state index is -0.582. The molecule has 2 unspecified atom stereocenters. The molecule has 3 rings (SSSR count). The van der Waals surface area contributed by atoms with Crippen LogP contribution in [0.2, 0.25) is 0 Å². The average Bonchev–Trinajstić information content (AvgIpc) is 3.24. The van der Waals surface area contributed by atoms with Gasteiger partial charge in [-0.05, 0) is 25.0 Å². The largest absolute Gasteiger partial charge is 0.496 e. The second kappa shape index (κ2) is 6.79. The third kappa shape index (κ3) is 3.22. The van der Waals surface area contributed by atoms with Gasteiger partial charge in [-0.25, -0.2) is 0 Å². The van der Waals surface area contributed by atoms with Crippen LogP contribution in [0.3, 0.4) is 0 Å². The Bertz CT molecular complexity index is 567. The van der Waals surface area contributed by atoms with Crippen molar-refractivity contribution in [3.8, 4) is 5.75 Å². The molecule has 1 fully saturated rings. The Hall–Kier alpha value is -2.08. The lowest BCUT2D eigenvalue weighted by Crippen LogP contribution is -2.39. The van der Waals surface area contributed by atoms with Crippen molar-refractivity contribution >= 4 is 11.6 Å². The fraction of sp³-hybridized carbons (Fsp3) is 0.500. The fourth-order valence-electron chi connectivity index (χ4n) is 2.69. The van der Waals surface area contributed by atoms with Gasteiger partial charge in [-0.3, -0.25) is 4.79 Å². The van der Waals surface area contributed by atoms with Gasteiger partial charge in [-0.2, -0.15) is 0 Å². The van der Waals surface area contributed by atoms with E-state index in [1.54, 1.807) is 7.11 Å². The fourth-order valence-corrected chi connectivity index (χ4v) is 2.69. The third-order valence-electron chi connectivity index (χ3n) is 3.91. The summed E-state index contributed by atoms with van der Waals surface area (Å²) in [7, 11) is 1.61. The SMILES string of the molecule is COc1ccccc1C1=NOC(C(=O)NCC2CCCO2)C1. The molecule has 1 saturated heterocycles. The summed E-state index contributed by atoms with van der Waals surface area (Å²) in [6.07, 6.45) is 2.04. The number of benzene rings is 1. The van der Waals surface area contributed by atoms with Gasteiger partial charge in [0.25, 0.3) is 5.91 Å². The topological polar surface area (TPSA) is 69.2 Å². The number of amides is 1. The zero-order chi connectivity index (χ0) is 15.4. The van der Waals surface area contributed by atoms with Crippen LogP contribution < -0.4 is 10.1 Å². The lowest BCUT2D eigenvalue weighted by molar-refractivity contribution is -0.131. The molecular weight excluding hydrogens is 284 g/mol. The van der Waals surface area contributed by atoms with Gasteiger partial charge in [-0.15, -0.1) is 0 Å².